The zero-order valence-corrected chi connectivity index (χ0v) is 16.0. The second-order valence-electron chi connectivity index (χ2n) is 5.81. The number of amidine groups is 2. The number of likely N-dealkylation sites (N-methyl/N-ethyl adjacent to an activating group) is 2. The number of hydrogen-bond acceptors (Lipinski definition) is 5. The van der Waals surface area contributed by atoms with E-state index in [0.29, 0.717) is 21.7 Å². The van der Waals surface area contributed by atoms with Crippen LogP contribution >= 0.6 is 23.4 Å². The molecule has 0 aliphatic carbocycles. The maximum atomic E-state index is 12.3. The molecule has 0 bridgehead atoms. The number of aliphatic imine (C=N–C) groups is 1. The number of benzene rings is 1. The third-order valence-corrected chi connectivity index (χ3v) is 5.35. The summed E-state index contributed by atoms with van der Waals surface area (Å²) in [6.07, 6.45) is 0. The molecule has 2 heterocycles. The molecule has 136 valence electrons. The van der Waals surface area contributed by atoms with Gasteiger partial charge >= 0.3 is 6.03 Å². The van der Waals surface area contributed by atoms with E-state index in [1.54, 1.807) is 42.9 Å². The number of nitrogens with zero attached hydrogens (tertiary/aromatic N) is 4. The second kappa shape index (κ2) is 7.08. The molecule has 0 aromatic heterocycles. The number of imide groups is 1. The molecule has 2 aliphatic rings. The number of halogens is 1. The SMILES string of the molecule is CN1C(=O)C2N=C(SCC(=O)Nc3ccc(Cl)cc3)[N+](C)=C2N(C)C1=O. The van der Waals surface area contributed by atoms with Crippen molar-refractivity contribution in [2.24, 2.45) is 4.99 Å². The minimum absolute atomic E-state index is 0.119. The zero-order chi connectivity index (χ0) is 19.0. The van der Waals surface area contributed by atoms with Crippen molar-refractivity contribution in [1.82, 2.24) is 9.80 Å². The maximum absolute atomic E-state index is 12.3. The van der Waals surface area contributed by atoms with Crippen molar-refractivity contribution in [2.75, 3.05) is 32.2 Å². The molecule has 1 unspecified atom stereocenters. The van der Waals surface area contributed by atoms with Crippen molar-refractivity contribution in [3.05, 3.63) is 29.3 Å². The summed E-state index contributed by atoms with van der Waals surface area (Å²) in [6.45, 7) is 0. The Morgan fingerprint density at radius 3 is 2.58 bits per heavy atom. The fraction of sp³-hybridized carbons (Fsp3) is 0.312. The summed E-state index contributed by atoms with van der Waals surface area (Å²) in [7, 11) is 4.75. The molecule has 8 nitrogen and oxygen atoms in total. The van der Waals surface area contributed by atoms with Crippen molar-refractivity contribution in [2.45, 2.75) is 6.04 Å². The molecular formula is C16H17ClN5O3S+. The molecule has 1 aromatic carbocycles. The highest BCUT2D eigenvalue weighted by Gasteiger charge is 2.51. The van der Waals surface area contributed by atoms with Gasteiger partial charge in [-0.2, -0.15) is 0 Å². The minimum atomic E-state index is -0.755. The van der Waals surface area contributed by atoms with Crippen LogP contribution in [-0.4, -0.2) is 76.2 Å². The average Bonchev–Trinajstić information content (AvgIpc) is 2.95. The van der Waals surface area contributed by atoms with Gasteiger partial charge in [0.25, 0.3) is 23.0 Å². The van der Waals surface area contributed by atoms with E-state index in [2.05, 4.69) is 10.3 Å². The highest BCUT2D eigenvalue weighted by Crippen LogP contribution is 2.22. The highest BCUT2D eigenvalue weighted by atomic mass is 35.5. The summed E-state index contributed by atoms with van der Waals surface area (Å²) < 4.78 is 1.67. The standard InChI is InChI=1S/C16H16ClN5O3S/c1-20-13-12(14(24)22(3)16(25)21(13)2)19-15(20)26-8-11(23)18-10-6-4-9(17)5-7-10/h4-7,12H,8H2,1-3H3/p+1. The van der Waals surface area contributed by atoms with E-state index in [9.17, 15) is 14.4 Å². The summed E-state index contributed by atoms with van der Waals surface area (Å²) in [5, 5.41) is 3.87. The Morgan fingerprint density at radius 2 is 1.92 bits per heavy atom. The van der Waals surface area contributed by atoms with Crippen LogP contribution in [0.2, 0.25) is 5.02 Å². The van der Waals surface area contributed by atoms with Gasteiger partial charge < -0.3 is 5.32 Å². The van der Waals surface area contributed by atoms with E-state index in [0.717, 1.165) is 4.90 Å². The van der Waals surface area contributed by atoms with Gasteiger partial charge in [-0.05, 0) is 36.0 Å². The van der Waals surface area contributed by atoms with E-state index in [4.69, 9.17) is 11.6 Å². The fourth-order valence-electron chi connectivity index (χ4n) is 2.71. The third-order valence-electron chi connectivity index (χ3n) is 4.06. The van der Waals surface area contributed by atoms with Crippen LogP contribution < -0.4 is 5.32 Å². The first kappa shape index (κ1) is 18.4. The quantitative estimate of drug-likeness (QED) is 0.783. The van der Waals surface area contributed by atoms with Gasteiger partial charge in [-0.3, -0.25) is 14.5 Å². The molecule has 1 atom stereocenters. The van der Waals surface area contributed by atoms with E-state index in [1.165, 1.54) is 23.7 Å². The highest BCUT2D eigenvalue weighted by molar-refractivity contribution is 8.14. The number of urea groups is 1. The van der Waals surface area contributed by atoms with Crippen molar-refractivity contribution < 1.29 is 19.0 Å². The Balaban J connectivity index is 1.68. The number of thioether (sulfide) groups is 1. The normalized spacial score (nSPS) is 19.7. The predicted molar refractivity (Wildman–Crippen MR) is 101 cm³/mol. The van der Waals surface area contributed by atoms with Gasteiger partial charge in [0, 0.05) is 17.8 Å². The zero-order valence-electron chi connectivity index (χ0n) is 14.4. The summed E-state index contributed by atoms with van der Waals surface area (Å²) >= 11 is 7.02. The Kier molecular flexibility index (Phi) is 5.01. The molecule has 26 heavy (non-hydrogen) atoms. The van der Waals surface area contributed by atoms with E-state index in [-0.39, 0.29) is 17.6 Å². The van der Waals surface area contributed by atoms with Crippen LogP contribution in [0.4, 0.5) is 10.5 Å². The van der Waals surface area contributed by atoms with Gasteiger partial charge in [-0.1, -0.05) is 11.6 Å². The van der Waals surface area contributed by atoms with Crippen LogP contribution in [0.1, 0.15) is 0 Å². The van der Waals surface area contributed by atoms with Crippen LogP contribution in [-0.2, 0) is 9.59 Å². The first-order valence-corrected chi connectivity index (χ1v) is 9.08. The lowest BCUT2D eigenvalue weighted by atomic mass is 10.2. The topological polar surface area (TPSA) is 85.1 Å². The predicted octanol–water partition coefficient (Wildman–Crippen LogP) is 1.31. The Bertz CT molecular complexity index is 852. The number of hydrogen-bond donors (Lipinski definition) is 1. The van der Waals surface area contributed by atoms with Gasteiger partial charge in [0.1, 0.15) is 0 Å². The lowest BCUT2D eigenvalue weighted by Gasteiger charge is -2.27. The minimum Gasteiger partial charge on any atom is -0.325 e. The molecule has 2 aliphatic heterocycles. The first-order chi connectivity index (χ1) is 12.3. The molecule has 0 spiro atoms. The smallest absolute Gasteiger partial charge is 0.325 e. The number of carbonyl (C=O) groups is 3. The van der Waals surface area contributed by atoms with Gasteiger partial charge in [-0.25, -0.2) is 14.3 Å². The number of carbonyl (C=O) groups excluding carboxylic acids is 3. The van der Waals surface area contributed by atoms with Crippen molar-refractivity contribution in [1.29, 1.82) is 0 Å². The molecule has 3 rings (SSSR count). The van der Waals surface area contributed by atoms with Gasteiger partial charge in [-0.15, -0.1) is 4.99 Å². The number of nitrogens with one attached hydrogen (secondary N) is 1. The molecule has 0 radical (unpaired) electrons. The van der Waals surface area contributed by atoms with Crippen LogP contribution in [0, 0.1) is 0 Å². The Hall–Kier alpha value is -2.39. The summed E-state index contributed by atoms with van der Waals surface area (Å²) in [5.74, 6) is 0.0315. The molecular weight excluding hydrogens is 378 g/mol. The van der Waals surface area contributed by atoms with E-state index < -0.39 is 12.1 Å². The van der Waals surface area contributed by atoms with Crippen molar-refractivity contribution >= 4 is 57.9 Å². The van der Waals surface area contributed by atoms with Crippen LogP contribution in [0.15, 0.2) is 29.3 Å². The monoisotopic (exact) mass is 394 g/mol. The van der Waals surface area contributed by atoms with E-state index in [1.807, 2.05) is 0 Å². The lowest BCUT2D eigenvalue weighted by Crippen LogP contribution is -2.59. The largest absolute Gasteiger partial charge is 0.388 e. The summed E-state index contributed by atoms with van der Waals surface area (Å²) in [4.78, 5) is 43.3. The third kappa shape index (κ3) is 3.32. The van der Waals surface area contributed by atoms with Gasteiger partial charge in [0.2, 0.25) is 5.91 Å². The molecule has 1 N–H and O–H groups in total. The number of anilines is 1. The number of amides is 4. The Labute approximate surface area is 159 Å². The second-order valence-corrected chi connectivity index (χ2v) is 7.19. The average molecular weight is 395 g/mol. The maximum Gasteiger partial charge on any atom is 0.388 e. The molecule has 1 aromatic rings. The van der Waals surface area contributed by atoms with Gasteiger partial charge in [0.15, 0.2) is 0 Å². The number of fused-ring (bicyclic) bond motifs is 1. The fourth-order valence-corrected chi connectivity index (χ4v) is 3.63. The van der Waals surface area contributed by atoms with Gasteiger partial charge in [0.05, 0.1) is 19.8 Å². The Morgan fingerprint density at radius 1 is 1.27 bits per heavy atom. The first-order valence-electron chi connectivity index (χ1n) is 7.71. The van der Waals surface area contributed by atoms with Crippen molar-refractivity contribution in [3.63, 3.8) is 0 Å². The van der Waals surface area contributed by atoms with Crippen molar-refractivity contribution in [3.8, 4) is 0 Å². The van der Waals surface area contributed by atoms with Crippen LogP contribution in [0.5, 0.6) is 0 Å². The summed E-state index contributed by atoms with van der Waals surface area (Å²) in [5.41, 5.74) is 0.645. The molecule has 1 saturated heterocycles. The molecule has 0 saturated carbocycles. The van der Waals surface area contributed by atoms with Crippen LogP contribution in [0.3, 0.4) is 0 Å². The van der Waals surface area contributed by atoms with Crippen LogP contribution in [0.25, 0.3) is 0 Å². The molecule has 1 fully saturated rings. The van der Waals surface area contributed by atoms with E-state index >= 15 is 0 Å². The molecule has 10 heteroatoms. The molecule has 4 amide bonds. The lowest BCUT2D eigenvalue weighted by molar-refractivity contribution is -0.367. The summed E-state index contributed by atoms with van der Waals surface area (Å²) in [6, 6.07) is 5.64. The number of rotatable bonds is 3.